The molecule has 5 nitrogen and oxygen atoms in total. The van der Waals surface area contributed by atoms with Crippen molar-refractivity contribution in [2.24, 2.45) is 11.7 Å². The molecular weight excluding hydrogens is 380 g/mol. The van der Waals surface area contributed by atoms with Gasteiger partial charge in [-0.15, -0.1) is 0 Å². The molecular formula is C20H40N2O3S2. The van der Waals surface area contributed by atoms with E-state index < -0.39 is 5.24 Å². The van der Waals surface area contributed by atoms with E-state index in [1.807, 2.05) is 4.90 Å². The summed E-state index contributed by atoms with van der Waals surface area (Å²) in [4.78, 5) is 22.9. The van der Waals surface area contributed by atoms with Crippen molar-refractivity contribution in [1.29, 1.82) is 0 Å². The lowest BCUT2D eigenvalue weighted by atomic mass is 9.97. The number of nitrogens with zero attached hydrogens (tertiary/aromatic N) is 1. The van der Waals surface area contributed by atoms with Gasteiger partial charge in [-0.05, 0) is 39.4 Å². The molecule has 0 aliphatic rings. The third-order valence-corrected chi connectivity index (χ3v) is 4.79. The molecule has 1 unspecified atom stereocenters. The van der Waals surface area contributed by atoms with Crippen LogP contribution in [0.4, 0.5) is 4.79 Å². The highest BCUT2D eigenvalue weighted by Gasteiger charge is 2.16. The van der Waals surface area contributed by atoms with Crippen molar-refractivity contribution in [3.05, 3.63) is 0 Å². The zero-order chi connectivity index (χ0) is 21.1. The third-order valence-electron chi connectivity index (χ3n) is 4.41. The Balaban J connectivity index is 0. The Morgan fingerprint density at radius 3 is 1.85 bits per heavy atom. The smallest absolute Gasteiger partial charge is 0.273 e. The predicted octanol–water partition coefficient (Wildman–Crippen LogP) is 5.36. The first-order valence-corrected chi connectivity index (χ1v) is 11.1. The number of carbonyl (C=O) groups is 2. The highest BCUT2D eigenvalue weighted by molar-refractivity contribution is 7.96. The van der Waals surface area contributed by atoms with Gasteiger partial charge < -0.3 is 15.4 Å². The molecule has 0 saturated heterocycles. The average Bonchev–Trinajstić information content (AvgIpc) is 2.60. The van der Waals surface area contributed by atoms with Crippen molar-refractivity contribution < 1.29 is 14.3 Å². The molecule has 0 fully saturated rings. The van der Waals surface area contributed by atoms with Gasteiger partial charge in [-0.3, -0.25) is 9.59 Å². The molecule has 2 N–H and O–H groups in total. The van der Waals surface area contributed by atoms with Crippen LogP contribution in [0, 0.1) is 5.92 Å². The first-order valence-electron chi connectivity index (χ1n) is 10.2. The minimum atomic E-state index is -0.639. The topological polar surface area (TPSA) is 72.6 Å². The number of carbonyl (C=O) groups excluding carboxylic acids is 2. The lowest BCUT2D eigenvalue weighted by molar-refractivity contribution is -0.122. The van der Waals surface area contributed by atoms with Crippen LogP contribution in [0.15, 0.2) is 0 Å². The molecule has 27 heavy (non-hydrogen) atoms. The van der Waals surface area contributed by atoms with Gasteiger partial charge in [-0.1, -0.05) is 70.9 Å². The van der Waals surface area contributed by atoms with Crippen LogP contribution in [0.1, 0.15) is 85.5 Å². The van der Waals surface area contributed by atoms with Gasteiger partial charge in [0, 0.05) is 13.1 Å². The van der Waals surface area contributed by atoms with E-state index >= 15 is 0 Å². The average molecular weight is 421 g/mol. The van der Waals surface area contributed by atoms with Gasteiger partial charge in [0.25, 0.3) is 10.4 Å². The summed E-state index contributed by atoms with van der Waals surface area (Å²) < 4.78 is 5.67. The molecule has 0 bridgehead atoms. The number of thiocarbonyl (C=S) groups is 1. The number of ketones is 1. The number of thiol groups is 1. The minimum absolute atomic E-state index is 0.0106. The maximum absolute atomic E-state index is 11.8. The van der Waals surface area contributed by atoms with Crippen molar-refractivity contribution in [1.82, 2.24) is 4.90 Å². The van der Waals surface area contributed by atoms with Crippen LogP contribution in [0.5, 0.6) is 0 Å². The van der Waals surface area contributed by atoms with E-state index in [1.165, 1.54) is 44.9 Å². The lowest BCUT2D eigenvalue weighted by Crippen LogP contribution is -2.33. The molecule has 1 amide bonds. The summed E-state index contributed by atoms with van der Waals surface area (Å²) in [5.74, 6) is 0.207. The van der Waals surface area contributed by atoms with Crippen LogP contribution >= 0.6 is 24.8 Å². The van der Waals surface area contributed by atoms with Crippen molar-refractivity contribution in [2.45, 2.75) is 85.5 Å². The molecule has 0 spiro atoms. The number of hydrogen-bond acceptors (Lipinski definition) is 4. The number of hydrogen-bond donors (Lipinski definition) is 2. The van der Waals surface area contributed by atoms with Crippen LogP contribution in [0.2, 0.25) is 0 Å². The molecule has 0 radical (unpaired) electrons. The van der Waals surface area contributed by atoms with Gasteiger partial charge in [-0.2, -0.15) is 0 Å². The van der Waals surface area contributed by atoms with Crippen molar-refractivity contribution in [3.8, 4) is 0 Å². The fourth-order valence-electron chi connectivity index (χ4n) is 2.67. The van der Waals surface area contributed by atoms with E-state index in [0.717, 1.165) is 25.9 Å². The van der Waals surface area contributed by atoms with Crippen LogP contribution in [-0.2, 0) is 9.53 Å². The first kappa shape index (κ1) is 28.4. The van der Waals surface area contributed by atoms with E-state index in [-0.39, 0.29) is 11.7 Å². The quantitative estimate of drug-likeness (QED) is 0.225. The Kier molecular flexibility index (Phi) is 21.0. The van der Waals surface area contributed by atoms with E-state index in [4.69, 9.17) is 21.7 Å². The third kappa shape index (κ3) is 19.7. The Bertz CT molecular complexity index is 399. The Morgan fingerprint density at radius 2 is 1.44 bits per heavy atom. The van der Waals surface area contributed by atoms with Gasteiger partial charge in [0.2, 0.25) is 0 Å². The number of unbranched alkanes of at least 4 members (excludes halogenated alkanes) is 7. The second kappa shape index (κ2) is 19.9. The molecule has 0 aromatic rings. The summed E-state index contributed by atoms with van der Waals surface area (Å²) in [6.45, 7) is 10.1. The number of nitrogens with two attached hydrogens (primary N) is 1. The molecule has 1 atom stereocenters. The molecule has 0 aliphatic heterocycles. The van der Waals surface area contributed by atoms with Crippen LogP contribution < -0.4 is 5.73 Å². The van der Waals surface area contributed by atoms with Crippen molar-refractivity contribution >= 4 is 41.0 Å². The number of ether oxygens (including phenoxy) is 1. The lowest BCUT2D eigenvalue weighted by Gasteiger charge is -2.23. The Hall–Kier alpha value is -0.820. The fraction of sp³-hybridized carbons (Fsp3) is 0.850. The minimum Gasteiger partial charge on any atom is -0.470 e. The summed E-state index contributed by atoms with van der Waals surface area (Å²) in [5.41, 5.74) is 4.34. The fourth-order valence-corrected chi connectivity index (χ4v) is 3.00. The van der Waals surface area contributed by atoms with E-state index in [1.54, 1.807) is 6.92 Å². The summed E-state index contributed by atoms with van der Waals surface area (Å²) in [6.07, 6.45) is 11.2. The normalized spacial score (nSPS) is 11.1. The highest BCUT2D eigenvalue weighted by atomic mass is 32.1. The van der Waals surface area contributed by atoms with E-state index in [2.05, 4.69) is 39.1 Å². The van der Waals surface area contributed by atoms with Gasteiger partial charge in [0.05, 0.1) is 5.92 Å². The summed E-state index contributed by atoms with van der Waals surface area (Å²) in [7, 11) is 0. The van der Waals surface area contributed by atoms with Crippen molar-refractivity contribution in [3.63, 3.8) is 0 Å². The van der Waals surface area contributed by atoms with E-state index in [9.17, 15) is 4.79 Å². The molecule has 160 valence electrons. The number of primary amides is 1. The molecule has 0 aromatic heterocycles. The summed E-state index contributed by atoms with van der Waals surface area (Å²) >= 11 is 8.38. The Labute approximate surface area is 177 Å². The number of rotatable bonds is 14. The molecule has 0 aromatic carbocycles. The van der Waals surface area contributed by atoms with Gasteiger partial charge in [-0.25, -0.2) is 0 Å². The molecule has 0 heterocycles. The molecule has 0 aliphatic carbocycles. The summed E-state index contributed by atoms with van der Waals surface area (Å²) in [6, 6.07) is 0. The second-order valence-electron chi connectivity index (χ2n) is 6.66. The second-order valence-corrected chi connectivity index (χ2v) is 7.45. The first-order chi connectivity index (χ1) is 12.8. The van der Waals surface area contributed by atoms with Crippen LogP contribution in [0.25, 0.3) is 0 Å². The van der Waals surface area contributed by atoms with Gasteiger partial charge in [0.1, 0.15) is 12.4 Å². The SMILES string of the molecule is CCCCCCCCCCC(COC(=S)N(CC)CC)C(C)=O.NC(=O)S. The summed E-state index contributed by atoms with van der Waals surface area (Å²) in [5, 5.41) is -0.114. The maximum atomic E-state index is 11.8. The molecule has 0 rings (SSSR count). The zero-order valence-electron chi connectivity index (χ0n) is 17.7. The van der Waals surface area contributed by atoms with Crippen molar-refractivity contribution in [2.75, 3.05) is 19.7 Å². The standard InChI is InChI=1S/C19H37NO2S.CH3NOS/c1-5-8-9-10-11-12-13-14-15-18(17(4)21)16-22-19(23)20(6-2)7-3;2-1(3)4/h18H,5-16H2,1-4H3;(H3,2,3,4). The highest BCUT2D eigenvalue weighted by Crippen LogP contribution is 2.15. The van der Waals surface area contributed by atoms with E-state index in [0.29, 0.717) is 11.8 Å². The zero-order valence-corrected chi connectivity index (χ0v) is 19.4. The Morgan fingerprint density at radius 1 is 1.00 bits per heavy atom. The van der Waals surface area contributed by atoms with Gasteiger partial charge >= 0.3 is 0 Å². The number of amides is 1. The maximum Gasteiger partial charge on any atom is 0.273 e. The monoisotopic (exact) mass is 420 g/mol. The molecule has 0 saturated carbocycles. The van der Waals surface area contributed by atoms with Crippen LogP contribution in [0.3, 0.4) is 0 Å². The molecule has 7 heteroatoms. The van der Waals surface area contributed by atoms with Gasteiger partial charge in [0.15, 0.2) is 0 Å². The van der Waals surface area contributed by atoms with Crippen LogP contribution in [-0.4, -0.2) is 40.8 Å². The predicted molar refractivity (Wildman–Crippen MR) is 121 cm³/mol. The number of Topliss-reactive ketones (excluding diaryl/α,β-unsaturated/α-hetero) is 1. The largest absolute Gasteiger partial charge is 0.470 e.